The lowest BCUT2D eigenvalue weighted by Gasteiger charge is -2.18. The molecule has 0 spiro atoms. The molecule has 0 bridgehead atoms. The average Bonchev–Trinajstić information content (AvgIpc) is 2.91. The van der Waals surface area contributed by atoms with Gasteiger partial charge >= 0.3 is 0 Å². The summed E-state index contributed by atoms with van der Waals surface area (Å²) in [5.74, 6) is 0.947. The van der Waals surface area contributed by atoms with Crippen molar-refractivity contribution in [2.75, 3.05) is 6.61 Å². The summed E-state index contributed by atoms with van der Waals surface area (Å²) in [6.07, 6.45) is 2.33. The monoisotopic (exact) mass is 248 g/mol. The van der Waals surface area contributed by atoms with Gasteiger partial charge in [0.1, 0.15) is 17.5 Å². The third-order valence-corrected chi connectivity index (χ3v) is 3.75. The van der Waals surface area contributed by atoms with Gasteiger partial charge in [-0.2, -0.15) is 0 Å². The fourth-order valence-corrected chi connectivity index (χ4v) is 2.88. The molecule has 18 heavy (non-hydrogen) atoms. The molecular formula is C15H20O3. The lowest BCUT2D eigenvalue weighted by Crippen LogP contribution is -2.24. The molecule has 1 saturated heterocycles. The first-order valence-corrected chi connectivity index (χ1v) is 6.67. The van der Waals surface area contributed by atoms with Gasteiger partial charge in [-0.15, -0.1) is 0 Å². The van der Waals surface area contributed by atoms with Crippen molar-refractivity contribution in [3.05, 3.63) is 29.3 Å². The normalized spacial score (nSPS) is 26.7. The van der Waals surface area contributed by atoms with Crippen molar-refractivity contribution >= 4 is 0 Å². The van der Waals surface area contributed by atoms with Gasteiger partial charge in [-0.25, -0.2) is 0 Å². The molecule has 3 rings (SSSR count). The van der Waals surface area contributed by atoms with Crippen LogP contribution >= 0.6 is 0 Å². The van der Waals surface area contributed by atoms with Crippen molar-refractivity contribution in [2.45, 2.75) is 50.9 Å². The summed E-state index contributed by atoms with van der Waals surface area (Å²) in [5.41, 5.74) is 2.01. The maximum Gasteiger partial charge on any atom is 0.123 e. The molecule has 3 heteroatoms. The topological polar surface area (TPSA) is 38.7 Å². The van der Waals surface area contributed by atoms with E-state index in [0.29, 0.717) is 0 Å². The second-order valence-corrected chi connectivity index (χ2v) is 5.90. The standard InChI is InChI=1S/C15H20O3/c1-15(2)9-11-8-10(5-6-12(11)18-15)14(16)13-4-3-7-17-13/h5-6,8,13-14,16H,3-4,7,9H2,1-2H3. The molecule has 0 amide bonds. The SMILES string of the molecule is CC1(C)Cc2cc(C(O)C3CCCO3)ccc2O1. The maximum absolute atomic E-state index is 10.3. The second-order valence-electron chi connectivity index (χ2n) is 5.90. The number of hydrogen-bond donors (Lipinski definition) is 1. The van der Waals surface area contributed by atoms with Crippen molar-refractivity contribution < 1.29 is 14.6 Å². The van der Waals surface area contributed by atoms with Crippen LogP contribution in [-0.4, -0.2) is 23.4 Å². The van der Waals surface area contributed by atoms with Crippen molar-refractivity contribution in [2.24, 2.45) is 0 Å². The molecule has 0 aliphatic carbocycles. The Morgan fingerprint density at radius 3 is 2.94 bits per heavy atom. The fraction of sp³-hybridized carbons (Fsp3) is 0.600. The van der Waals surface area contributed by atoms with Crippen molar-refractivity contribution in [3.8, 4) is 5.75 Å². The van der Waals surface area contributed by atoms with E-state index >= 15 is 0 Å². The van der Waals surface area contributed by atoms with Crippen LogP contribution in [0.5, 0.6) is 5.75 Å². The third kappa shape index (κ3) is 2.13. The van der Waals surface area contributed by atoms with E-state index in [1.54, 1.807) is 0 Å². The molecule has 2 atom stereocenters. The van der Waals surface area contributed by atoms with Crippen LogP contribution in [0.3, 0.4) is 0 Å². The highest BCUT2D eigenvalue weighted by molar-refractivity contribution is 5.42. The minimum Gasteiger partial charge on any atom is -0.487 e. The van der Waals surface area contributed by atoms with E-state index in [-0.39, 0.29) is 11.7 Å². The van der Waals surface area contributed by atoms with Crippen molar-refractivity contribution in [3.63, 3.8) is 0 Å². The van der Waals surface area contributed by atoms with Crippen LogP contribution in [0.25, 0.3) is 0 Å². The largest absolute Gasteiger partial charge is 0.487 e. The van der Waals surface area contributed by atoms with Gasteiger partial charge in [0, 0.05) is 13.0 Å². The Labute approximate surface area is 108 Å². The molecule has 0 saturated carbocycles. The highest BCUT2D eigenvalue weighted by atomic mass is 16.5. The maximum atomic E-state index is 10.3. The van der Waals surface area contributed by atoms with Crippen molar-refractivity contribution in [1.29, 1.82) is 0 Å². The number of aliphatic hydroxyl groups excluding tert-OH is 1. The van der Waals surface area contributed by atoms with Crippen LogP contribution in [0.1, 0.15) is 43.9 Å². The molecule has 1 aromatic carbocycles. The van der Waals surface area contributed by atoms with Crippen LogP contribution in [0.15, 0.2) is 18.2 Å². The Morgan fingerprint density at radius 1 is 1.39 bits per heavy atom. The summed E-state index contributed by atoms with van der Waals surface area (Å²) in [6, 6.07) is 5.99. The quantitative estimate of drug-likeness (QED) is 0.874. The molecule has 2 aliphatic heterocycles. The molecule has 2 heterocycles. The Hall–Kier alpha value is -1.06. The van der Waals surface area contributed by atoms with Crippen LogP contribution in [-0.2, 0) is 11.2 Å². The number of ether oxygens (including phenoxy) is 2. The molecular weight excluding hydrogens is 228 g/mol. The van der Waals surface area contributed by atoms with Gasteiger partial charge in [0.05, 0.1) is 6.10 Å². The zero-order valence-corrected chi connectivity index (χ0v) is 11.0. The van der Waals surface area contributed by atoms with Crippen LogP contribution in [0, 0.1) is 0 Å². The lowest BCUT2D eigenvalue weighted by molar-refractivity contribution is -0.00261. The number of benzene rings is 1. The smallest absolute Gasteiger partial charge is 0.123 e. The van der Waals surface area contributed by atoms with Gasteiger partial charge in [0.2, 0.25) is 0 Å². The zero-order valence-electron chi connectivity index (χ0n) is 11.0. The summed E-state index contributed by atoms with van der Waals surface area (Å²) in [4.78, 5) is 0. The van der Waals surface area contributed by atoms with E-state index in [2.05, 4.69) is 19.9 Å². The fourth-order valence-electron chi connectivity index (χ4n) is 2.88. The van der Waals surface area contributed by atoms with E-state index in [1.807, 2.05) is 12.1 Å². The van der Waals surface area contributed by atoms with Gasteiger partial charge in [-0.1, -0.05) is 6.07 Å². The number of fused-ring (bicyclic) bond motifs is 1. The minimum atomic E-state index is -0.512. The first-order valence-electron chi connectivity index (χ1n) is 6.67. The van der Waals surface area contributed by atoms with E-state index < -0.39 is 6.10 Å². The number of aliphatic hydroxyl groups is 1. The van der Waals surface area contributed by atoms with E-state index in [0.717, 1.165) is 37.2 Å². The molecule has 2 unspecified atom stereocenters. The molecule has 0 aromatic heterocycles. The number of rotatable bonds is 2. The summed E-state index contributed by atoms with van der Waals surface area (Å²) >= 11 is 0. The Bertz CT molecular complexity index is 447. The Balaban J connectivity index is 1.83. The predicted molar refractivity (Wildman–Crippen MR) is 68.8 cm³/mol. The molecule has 2 aliphatic rings. The minimum absolute atomic E-state index is 0.0432. The zero-order chi connectivity index (χ0) is 12.8. The summed E-state index contributed by atoms with van der Waals surface area (Å²) in [5, 5.41) is 10.3. The predicted octanol–water partition coefficient (Wildman–Crippen LogP) is 2.61. The average molecular weight is 248 g/mol. The summed E-state index contributed by atoms with van der Waals surface area (Å²) in [6.45, 7) is 4.94. The molecule has 0 radical (unpaired) electrons. The van der Waals surface area contributed by atoms with Crippen molar-refractivity contribution in [1.82, 2.24) is 0 Å². The first-order chi connectivity index (χ1) is 8.55. The van der Waals surface area contributed by atoms with Crippen LogP contribution in [0.4, 0.5) is 0 Å². The third-order valence-electron chi connectivity index (χ3n) is 3.75. The summed E-state index contributed by atoms with van der Waals surface area (Å²) < 4.78 is 11.4. The van der Waals surface area contributed by atoms with E-state index in [9.17, 15) is 5.11 Å². The molecule has 3 nitrogen and oxygen atoms in total. The second kappa shape index (κ2) is 4.25. The highest BCUT2D eigenvalue weighted by Gasteiger charge is 2.32. The van der Waals surface area contributed by atoms with Gasteiger partial charge in [0.15, 0.2) is 0 Å². The first kappa shape index (κ1) is 12.0. The van der Waals surface area contributed by atoms with Gasteiger partial charge in [-0.3, -0.25) is 0 Å². The molecule has 1 N–H and O–H groups in total. The molecule has 1 fully saturated rings. The highest BCUT2D eigenvalue weighted by Crippen LogP contribution is 2.37. The van der Waals surface area contributed by atoms with Gasteiger partial charge in [0.25, 0.3) is 0 Å². The number of hydrogen-bond acceptors (Lipinski definition) is 3. The van der Waals surface area contributed by atoms with Crippen LogP contribution in [0.2, 0.25) is 0 Å². The van der Waals surface area contributed by atoms with Gasteiger partial charge in [-0.05, 0) is 49.9 Å². The Morgan fingerprint density at radius 2 is 2.22 bits per heavy atom. The van der Waals surface area contributed by atoms with Gasteiger partial charge < -0.3 is 14.6 Å². The van der Waals surface area contributed by atoms with Crippen LogP contribution < -0.4 is 4.74 Å². The molecule has 1 aromatic rings. The summed E-state index contributed by atoms with van der Waals surface area (Å²) in [7, 11) is 0. The van der Waals surface area contributed by atoms with E-state index in [4.69, 9.17) is 9.47 Å². The molecule has 98 valence electrons. The van der Waals surface area contributed by atoms with E-state index in [1.165, 1.54) is 5.56 Å². The lowest BCUT2D eigenvalue weighted by atomic mass is 9.96. The Kier molecular flexibility index (Phi) is 2.83.